The van der Waals surface area contributed by atoms with Gasteiger partial charge in [-0.15, -0.1) is 24.2 Å². The molecule has 0 aliphatic rings. The molecule has 3 aromatic rings. The molecule has 0 saturated heterocycles. The van der Waals surface area contributed by atoms with Crippen molar-refractivity contribution in [1.82, 2.24) is 9.88 Å². The molecule has 0 aliphatic heterocycles. The van der Waals surface area contributed by atoms with Crippen molar-refractivity contribution < 1.29 is 9.53 Å². The summed E-state index contributed by atoms with van der Waals surface area (Å²) in [7, 11) is 0. The molecule has 0 fully saturated rings. The first-order chi connectivity index (χ1) is 14.9. The third-order valence-corrected chi connectivity index (χ3v) is 6.83. The van der Waals surface area contributed by atoms with E-state index in [1.54, 1.807) is 23.1 Å². The number of carbonyl (C=O) groups excluding carboxylic acids is 1. The number of likely N-dealkylation sites (N-methyl/N-ethyl adjacent to an activating group) is 1. The predicted molar refractivity (Wildman–Crippen MR) is 140 cm³/mol. The number of thioether (sulfide) groups is 1. The van der Waals surface area contributed by atoms with E-state index in [4.69, 9.17) is 9.72 Å². The number of thiazole rings is 1. The first kappa shape index (κ1) is 26.5. The summed E-state index contributed by atoms with van der Waals surface area (Å²) in [5.41, 5.74) is 1.57. The smallest absolute Gasteiger partial charge is 0.260 e. The van der Waals surface area contributed by atoms with Gasteiger partial charge in [0, 0.05) is 23.5 Å². The van der Waals surface area contributed by atoms with E-state index in [-0.39, 0.29) is 24.4 Å². The molecule has 0 bridgehead atoms. The van der Waals surface area contributed by atoms with E-state index in [0.29, 0.717) is 12.1 Å². The lowest BCUT2D eigenvalue weighted by Crippen LogP contribution is -2.38. The van der Waals surface area contributed by atoms with Crippen molar-refractivity contribution >= 4 is 56.8 Å². The van der Waals surface area contributed by atoms with Gasteiger partial charge in [0.1, 0.15) is 5.75 Å². The van der Waals surface area contributed by atoms with Gasteiger partial charge in [0.15, 0.2) is 5.13 Å². The van der Waals surface area contributed by atoms with Gasteiger partial charge < -0.3 is 9.64 Å². The maximum atomic E-state index is 13.5. The molecule has 1 amide bonds. The third kappa shape index (κ3) is 6.61. The Bertz CT molecular complexity index is 1000. The van der Waals surface area contributed by atoms with Crippen LogP contribution in [-0.2, 0) is 0 Å². The fourth-order valence-corrected chi connectivity index (χ4v) is 4.85. The van der Waals surface area contributed by atoms with Crippen molar-refractivity contribution in [3.63, 3.8) is 0 Å². The van der Waals surface area contributed by atoms with Crippen LogP contribution in [0.4, 0.5) is 5.13 Å². The van der Waals surface area contributed by atoms with E-state index >= 15 is 0 Å². The molecular weight excluding hydrogens is 462 g/mol. The minimum Gasteiger partial charge on any atom is -0.491 e. The van der Waals surface area contributed by atoms with Gasteiger partial charge in [-0.05, 0) is 75.7 Å². The molecule has 5 nitrogen and oxygen atoms in total. The van der Waals surface area contributed by atoms with Gasteiger partial charge in [-0.25, -0.2) is 4.98 Å². The van der Waals surface area contributed by atoms with Crippen LogP contribution >= 0.6 is 35.5 Å². The first-order valence-corrected chi connectivity index (χ1v) is 12.7. The van der Waals surface area contributed by atoms with Crippen molar-refractivity contribution in [1.29, 1.82) is 0 Å². The van der Waals surface area contributed by atoms with E-state index in [9.17, 15) is 4.79 Å². The minimum absolute atomic E-state index is 0. The SMILES string of the molecule is CCN(CC)CCN(C(=O)c1ccc(OC(C)C)cc1)c1nc2ccc(SC)cc2s1.Cl. The Kier molecular flexibility index (Phi) is 10.3. The van der Waals surface area contributed by atoms with Crippen LogP contribution < -0.4 is 9.64 Å². The third-order valence-electron chi connectivity index (χ3n) is 5.07. The van der Waals surface area contributed by atoms with Gasteiger partial charge >= 0.3 is 0 Å². The van der Waals surface area contributed by atoms with Crippen molar-refractivity contribution in [3.8, 4) is 5.75 Å². The Morgan fingerprint density at radius 2 is 1.78 bits per heavy atom. The van der Waals surface area contributed by atoms with Gasteiger partial charge in [-0.3, -0.25) is 9.69 Å². The van der Waals surface area contributed by atoms with E-state index in [1.165, 1.54) is 4.90 Å². The second-order valence-electron chi connectivity index (χ2n) is 7.50. The molecule has 0 saturated carbocycles. The number of aromatic nitrogens is 1. The van der Waals surface area contributed by atoms with Crippen molar-refractivity contribution in [2.45, 2.75) is 38.7 Å². The van der Waals surface area contributed by atoms with E-state index < -0.39 is 0 Å². The summed E-state index contributed by atoms with van der Waals surface area (Å²) < 4.78 is 6.82. The van der Waals surface area contributed by atoms with Crippen LogP contribution in [-0.4, -0.2) is 54.3 Å². The zero-order valence-corrected chi connectivity index (χ0v) is 21.8. The Balaban J connectivity index is 0.00000363. The average molecular weight is 494 g/mol. The summed E-state index contributed by atoms with van der Waals surface area (Å²) in [5, 5.41) is 0.743. The summed E-state index contributed by atoms with van der Waals surface area (Å²) in [6.07, 6.45) is 2.16. The predicted octanol–water partition coefficient (Wildman–Crippen LogP) is 6.22. The summed E-state index contributed by atoms with van der Waals surface area (Å²) in [4.78, 5) is 23.6. The number of anilines is 1. The zero-order valence-electron chi connectivity index (χ0n) is 19.3. The van der Waals surface area contributed by atoms with Crippen molar-refractivity contribution in [2.75, 3.05) is 37.3 Å². The number of halogens is 1. The number of carbonyl (C=O) groups is 1. The molecule has 0 unspecified atom stereocenters. The number of amides is 1. The number of hydrogen-bond acceptors (Lipinski definition) is 6. The molecule has 0 atom stereocenters. The Labute approximate surface area is 205 Å². The highest BCUT2D eigenvalue weighted by atomic mass is 35.5. The molecule has 0 N–H and O–H groups in total. The average Bonchev–Trinajstić information content (AvgIpc) is 3.19. The minimum atomic E-state index is -0.0348. The molecule has 8 heteroatoms. The van der Waals surface area contributed by atoms with E-state index in [0.717, 1.165) is 40.7 Å². The fraction of sp³-hybridized carbons (Fsp3) is 0.417. The standard InChI is InChI=1S/C24H31N3O2S2.ClH/c1-6-26(7-2)14-15-27(23(28)18-8-10-19(11-9-18)29-17(3)4)24-25-21-13-12-20(30-5)16-22(21)31-24;/h8-13,16-17H,6-7,14-15H2,1-5H3;1H. The van der Waals surface area contributed by atoms with E-state index in [2.05, 4.69) is 37.1 Å². The summed E-state index contributed by atoms with van der Waals surface area (Å²) >= 11 is 3.28. The van der Waals surface area contributed by atoms with Gasteiger partial charge in [-0.2, -0.15) is 0 Å². The molecule has 0 spiro atoms. The topological polar surface area (TPSA) is 45.7 Å². The van der Waals surface area contributed by atoms with Gasteiger partial charge in [0.05, 0.1) is 16.3 Å². The lowest BCUT2D eigenvalue weighted by molar-refractivity contribution is 0.0983. The molecule has 2 aromatic carbocycles. The Morgan fingerprint density at radius 3 is 2.38 bits per heavy atom. The second kappa shape index (κ2) is 12.4. The summed E-state index contributed by atoms with van der Waals surface area (Å²) in [5.74, 6) is 0.734. The molecule has 1 heterocycles. The quantitative estimate of drug-likeness (QED) is 0.314. The van der Waals surface area contributed by atoms with Crippen LogP contribution in [0.1, 0.15) is 38.1 Å². The molecule has 1 aromatic heterocycles. The van der Waals surface area contributed by atoms with Crippen LogP contribution in [0.15, 0.2) is 47.4 Å². The van der Waals surface area contributed by atoms with E-state index in [1.807, 2.05) is 49.1 Å². The number of nitrogens with zero attached hydrogens (tertiary/aromatic N) is 3. The first-order valence-electron chi connectivity index (χ1n) is 10.7. The molecule has 0 aliphatic carbocycles. The fourth-order valence-electron chi connectivity index (χ4n) is 3.30. The highest BCUT2D eigenvalue weighted by Crippen LogP contribution is 2.32. The van der Waals surface area contributed by atoms with Crippen LogP contribution in [0, 0.1) is 0 Å². The normalized spacial score (nSPS) is 11.1. The number of rotatable bonds is 10. The van der Waals surface area contributed by atoms with Gasteiger partial charge in [0.25, 0.3) is 5.91 Å². The molecular formula is C24H32ClN3O2S2. The highest BCUT2D eigenvalue weighted by Gasteiger charge is 2.22. The number of ether oxygens (including phenoxy) is 1. The Morgan fingerprint density at radius 1 is 1.09 bits per heavy atom. The largest absolute Gasteiger partial charge is 0.491 e. The molecule has 0 radical (unpaired) electrons. The lowest BCUT2D eigenvalue weighted by Gasteiger charge is -2.24. The lowest BCUT2D eigenvalue weighted by atomic mass is 10.2. The highest BCUT2D eigenvalue weighted by molar-refractivity contribution is 7.98. The molecule has 32 heavy (non-hydrogen) atoms. The monoisotopic (exact) mass is 493 g/mol. The van der Waals surface area contributed by atoms with Crippen molar-refractivity contribution in [3.05, 3.63) is 48.0 Å². The molecule has 174 valence electrons. The number of hydrogen-bond donors (Lipinski definition) is 0. The maximum absolute atomic E-state index is 13.5. The molecule has 3 rings (SSSR count). The van der Waals surface area contributed by atoms with Crippen LogP contribution in [0.2, 0.25) is 0 Å². The van der Waals surface area contributed by atoms with Crippen LogP contribution in [0.25, 0.3) is 10.2 Å². The Hall–Kier alpha value is -1.80. The number of benzene rings is 2. The number of fused-ring (bicyclic) bond motifs is 1. The maximum Gasteiger partial charge on any atom is 0.260 e. The zero-order chi connectivity index (χ0) is 22.4. The van der Waals surface area contributed by atoms with Crippen LogP contribution in [0.5, 0.6) is 5.75 Å². The summed E-state index contributed by atoms with van der Waals surface area (Å²) in [6.45, 7) is 11.6. The van der Waals surface area contributed by atoms with Gasteiger partial charge in [-0.1, -0.05) is 25.2 Å². The van der Waals surface area contributed by atoms with Gasteiger partial charge in [0.2, 0.25) is 0 Å². The summed E-state index contributed by atoms with van der Waals surface area (Å²) in [6, 6.07) is 13.6. The van der Waals surface area contributed by atoms with Crippen molar-refractivity contribution in [2.24, 2.45) is 0 Å². The second-order valence-corrected chi connectivity index (χ2v) is 9.39. The van der Waals surface area contributed by atoms with Crippen LogP contribution in [0.3, 0.4) is 0 Å².